The third-order valence-electron chi connectivity index (χ3n) is 7.14. The predicted octanol–water partition coefficient (Wildman–Crippen LogP) is 4.13. The third-order valence-corrected chi connectivity index (χ3v) is 7.38. The number of hydrogen-bond donors (Lipinski definition) is 0. The average Bonchev–Trinajstić information content (AvgIpc) is 3.52. The van der Waals surface area contributed by atoms with E-state index in [1.54, 1.807) is 42.5 Å². The van der Waals surface area contributed by atoms with Crippen molar-refractivity contribution in [3.8, 4) is 0 Å². The first-order chi connectivity index (χ1) is 14.1. The number of benzene rings is 2. The summed E-state index contributed by atoms with van der Waals surface area (Å²) >= 11 is 6.18. The fourth-order valence-electron chi connectivity index (χ4n) is 5.82. The molecule has 5 aliphatic rings. The van der Waals surface area contributed by atoms with Gasteiger partial charge in [0.1, 0.15) is 0 Å². The molecule has 5 heteroatoms. The molecule has 29 heavy (non-hydrogen) atoms. The van der Waals surface area contributed by atoms with Crippen molar-refractivity contribution in [2.24, 2.45) is 35.5 Å². The van der Waals surface area contributed by atoms with Gasteiger partial charge in [-0.3, -0.25) is 14.4 Å². The van der Waals surface area contributed by atoms with Gasteiger partial charge in [0.25, 0.3) is 0 Å². The van der Waals surface area contributed by atoms with Gasteiger partial charge in [0.15, 0.2) is 5.78 Å². The molecular formula is C24H18ClNO3. The average molecular weight is 404 g/mol. The van der Waals surface area contributed by atoms with Gasteiger partial charge in [0.05, 0.1) is 17.5 Å². The summed E-state index contributed by atoms with van der Waals surface area (Å²) in [5, 5.41) is 0.396. The van der Waals surface area contributed by atoms with Crippen molar-refractivity contribution >= 4 is 34.9 Å². The number of nitrogens with zero attached hydrogens (tertiary/aromatic N) is 1. The standard InChI is InChI=1S/C24H18ClNO3/c25-13-6-9-19(18(10-13)22(27)12-4-2-1-3-5-12)26-23(28)20-14-7-8-15(17-11-16(14)17)21(20)24(26)29/h1-10,14-17,20-21H,11H2/t14-,15+,16-,17-,20+,21+/m1/s1. The van der Waals surface area contributed by atoms with E-state index in [9.17, 15) is 14.4 Å². The Hall–Kier alpha value is -2.72. The molecule has 144 valence electrons. The van der Waals surface area contributed by atoms with E-state index in [1.807, 2.05) is 6.07 Å². The van der Waals surface area contributed by atoms with Gasteiger partial charge >= 0.3 is 0 Å². The molecule has 6 atom stereocenters. The molecule has 0 aromatic heterocycles. The molecule has 0 N–H and O–H groups in total. The molecular weight excluding hydrogens is 386 g/mol. The summed E-state index contributed by atoms with van der Waals surface area (Å²) in [6.07, 6.45) is 5.41. The van der Waals surface area contributed by atoms with Crippen LogP contribution in [0.5, 0.6) is 0 Å². The lowest BCUT2D eigenvalue weighted by Gasteiger charge is -2.37. The molecule has 4 nitrogen and oxygen atoms in total. The number of rotatable bonds is 3. The van der Waals surface area contributed by atoms with Crippen LogP contribution in [0.15, 0.2) is 60.7 Å². The van der Waals surface area contributed by atoms with Gasteiger partial charge < -0.3 is 0 Å². The summed E-state index contributed by atoms with van der Waals surface area (Å²) < 4.78 is 0. The normalized spacial score (nSPS) is 33.6. The van der Waals surface area contributed by atoms with Crippen molar-refractivity contribution in [3.05, 3.63) is 76.8 Å². The van der Waals surface area contributed by atoms with Crippen LogP contribution in [0, 0.1) is 35.5 Å². The van der Waals surface area contributed by atoms with E-state index in [0.717, 1.165) is 6.42 Å². The minimum Gasteiger partial charge on any atom is -0.289 e. The zero-order valence-corrected chi connectivity index (χ0v) is 16.3. The van der Waals surface area contributed by atoms with Crippen LogP contribution < -0.4 is 4.90 Å². The molecule has 1 aliphatic heterocycles. The Balaban J connectivity index is 1.45. The van der Waals surface area contributed by atoms with Gasteiger partial charge in [-0.1, -0.05) is 54.1 Å². The molecule has 1 saturated heterocycles. The lowest BCUT2D eigenvalue weighted by atomic mass is 9.63. The third kappa shape index (κ3) is 2.29. The molecule has 4 aliphatic carbocycles. The Morgan fingerprint density at radius 2 is 1.52 bits per heavy atom. The number of imide groups is 1. The summed E-state index contributed by atoms with van der Waals surface area (Å²) in [5.74, 6) is 0.199. The van der Waals surface area contributed by atoms with Crippen LogP contribution >= 0.6 is 11.6 Å². The zero-order valence-electron chi connectivity index (χ0n) is 15.5. The summed E-state index contributed by atoms with van der Waals surface area (Å²) in [6, 6.07) is 13.7. The summed E-state index contributed by atoms with van der Waals surface area (Å²) in [7, 11) is 0. The van der Waals surface area contributed by atoms with Crippen molar-refractivity contribution in [1.82, 2.24) is 0 Å². The second-order valence-corrected chi connectivity index (χ2v) is 8.96. The second-order valence-electron chi connectivity index (χ2n) is 8.52. The number of amides is 2. The van der Waals surface area contributed by atoms with Crippen molar-refractivity contribution in [2.45, 2.75) is 6.42 Å². The topological polar surface area (TPSA) is 54.5 Å². The smallest absolute Gasteiger partial charge is 0.238 e. The highest BCUT2D eigenvalue weighted by atomic mass is 35.5. The van der Waals surface area contributed by atoms with E-state index in [0.29, 0.717) is 28.1 Å². The van der Waals surface area contributed by atoms with Gasteiger partial charge in [-0.15, -0.1) is 0 Å². The molecule has 0 unspecified atom stereocenters. The van der Waals surface area contributed by atoms with Gasteiger partial charge in [-0.25, -0.2) is 4.90 Å². The van der Waals surface area contributed by atoms with Crippen LogP contribution in [0.4, 0.5) is 5.69 Å². The molecule has 2 aromatic rings. The molecule has 0 spiro atoms. The molecule has 3 fully saturated rings. The Morgan fingerprint density at radius 3 is 2.14 bits per heavy atom. The van der Waals surface area contributed by atoms with Crippen LogP contribution in [-0.2, 0) is 9.59 Å². The molecule has 7 rings (SSSR count). The van der Waals surface area contributed by atoms with E-state index in [4.69, 9.17) is 11.6 Å². The first-order valence-corrected chi connectivity index (χ1v) is 10.4. The number of ketones is 1. The van der Waals surface area contributed by atoms with Crippen molar-refractivity contribution in [2.75, 3.05) is 4.90 Å². The second kappa shape index (κ2) is 5.90. The van der Waals surface area contributed by atoms with Crippen LogP contribution in [0.2, 0.25) is 5.02 Å². The predicted molar refractivity (Wildman–Crippen MR) is 109 cm³/mol. The monoisotopic (exact) mass is 403 g/mol. The highest BCUT2D eigenvalue weighted by molar-refractivity contribution is 6.32. The molecule has 1 heterocycles. The molecule has 2 saturated carbocycles. The number of carbonyl (C=O) groups is 3. The van der Waals surface area contributed by atoms with E-state index in [-0.39, 0.29) is 46.8 Å². The Kier molecular flexibility index (Phi) is 3.49. The highest BCUT2D eigenvalue weighted by Gasteiger charge is 2.67. The van der Waals surface area contributed by atoms with Crippen molar-refractivity contribution < 1.29 is 14.4 Å². The molecule has 2 bridgehead atoms. The van der Waals surface area contributed by atoms with Crippen molar-refractivity contribution in [3.63, 3.8) is 0 Å². The SMILES string of the molecule is O=C(c1ccccc1)c1cc(Cl)ccc1N1C(=O)[C@H]2[C@@H]3C=C[C@@H]([C@H]4C[C@H]34)[C@@H]2C1=O. The minimum absolute atomic E-state index is 0.150. The van der Waals surface area contributed by atoms with Gasteiger partial charge in [0, 0.05) is 16.1 Å². The molecule has 0 radical (unpaired) electrons. The largest absolute Gasteiger partial charge is 0.289 e. The van der Waals surface area contributed by atoms with Gasteiger partial charge in [0.2, 0.25) is 11.8 Å². The lowest BCUT2D eigenvalue weighted by molar-refractivity contribution is -0.124. The molecule has 2 aromatic carbocycles. The first-order valence-electron chi connectivity index (χ1n) is 10.0. The number of allylic oxidation sites excluding steroid dienone is 2. The van der Waals surface area contributed by atoms with Crippen molar-refractivity contribution in [1.29, 1.82) is 0 Å². The number of hydrogen-bond acceptors (Lipinski definition) is 3. The molecule has 2 amide bonds. The van der Waals surface area contributed by atoms with E-state index >= 15 is 0 Å². The van der Waals surface area contributed by atoms with Crippen LogP contribution in [0.25, 0.3) is 0 Å². The zero-order chi connectivity index (χ0) is 19.9. The number of halogens is 1. The fourth-order valence-corrected chi connectivity index (χ4v) is 6.00. The first kappa shape index (κ1) is 17.2. The Bertz CT molecular complexity index is 1070. The maximum atomic E-state index is 13.4. The summed E-state index contributed by atoms with van der Waals surface area (Å²) in [4.78, 5) is 41.3. The van der Waals surface area contributed by atoms with Gasteiger partial charge in [-0.2, -0.15) is 0 Å². The highest BCUT2D eigenvalue weighted by Crippen LogP contribution is 2.65. The van der Waals surface area contributed by atoms with Crippen LogP contribution in [0.3, 0.4) is 0 Å². The number of carbonyl (C=O) groups excluding carboxylic acids is 3. The lowest BCUT2D eigenvalue weighted by Crippen LogP contribution is -2.40. The summed E-state index contributed by atoms with van der Waals surface area (Å²) in [6.45, 7) is 0. The van der Waals surface area contributed by atoms with Crippen LogP contribution in [0.1, 0.15) is 22.3 Å². The maximum Gasteiger partial charge on any atom is 0.238 e. The van der Waals surface area contributed by atoms with E-state index in [1.165, 1.54) is 4.90 Å². The summed E-state index contributed by atoms with van der Waals surface area (Å²) in [5.41, 5.74) is 1.13. The Labute approximate surface area is 173 Å². The maximum absolute atomic E-state index is 13.4. The quantitative estimate of drug-likeness (QED) is 0.440. The van der Waals surface area contributed by atoms with E-state index < -0.39 is 0 Å². The van der Waals surface area contributed by atoms with Gasteiger partial charge in [-0.05, 0) is 48.3 Å². The minimum atomic E-state index is -0.295. The Morgan fingerprint density at radius 1 is 0.897 bits per heavy atom. The van der Waals surface area contributed by atoms with Crippen LogP contribution in [-0.4, -0.2) is 17.6 Å². The van der Waals surface area contributed by atoms with E-state index in [2.05, 4.69) is 12.2 Å². The number of anilines is 1. The fraction of sp³-hybridized carbons (Fsp3) is 0.292.